The summed E-state index contributed by atoms with van der Waals surface area (Å²) in [5, 5.41) is 0.357. The van der Waals surface area contributed by atoms with E-state index >= 15 is 0 Å². The lowest BCUT2D eigenvalue weighted by molar-refractivity contribution is 0.0970. The van der Waals surface area contributed by atoms with Gasteiger partial charge in [-0.2, -0.15) is 0 Å². The van der Waals surface area contributed by atoms with E-state index in [-0.39, 0.29) is 22.3 Å². The molecule has 3 aliphatic rings. The van der Waals surface area contributed by atoms with Gasteiger partial charge in [0, 0.05) is 6.42 Å². The minimum absolute atomic E-state index is 0.0418. The molecule has 2 nitrogen and oxygen atoms in total. The van der Waals surface area contributed by atoms with Crippen molar-refractivity contribution in [2.45, 2.75) is 182 Å². The van der Waals surface area contributed by atoms with E-state index in [4.69, 9.17) is 15.4 Å². The van der Waals surface area contributed by atoms with Crippen LogP contribution in [0.25, 0.3) is 0 Å². The fourth-order valence-corrected chi connectivity index (χ4v) is 10.1. The van der Waals surface area contributed by atoms with Crippen LogP contribution in [0.3, 0.4) is 0 Å². The predicted molar refractivity (Wildman–Crippen MR) is 195 cm³/mol. The van der Waals surface area contributed by atoms with Crippen molar-refractivity contribution in [3.05, 3.63) is 46.6 Å². The molecule has 4 heteroatoms. The summed E-state index contributed by atoms with van der Waals surface area (Å²) in [6, 6.07) is 0. The molecule has 0 aromatic carbocycles. The minimum Gasteiger partial charge on any atom is -0.413 e. The monoisotopic (exact) mass is 626 g/mol. The Labute approximate surface area is 270 Å². The first-order chi connectivity index (χ1) is 19.6. The van der Waals surface area contributed by atoms with Gasteiger partial charge < -0.3 is 8.85 Å². The Morgan fingerprint density at radius 1 is 0.977 bits per heavy atom. The molecular formula is C39H70O2Si2. The van der Waals surface area contributed by atoms with Gasteiger partial charge in [-0.3, -0.25) is 0 Å². The standard InChI is InChI=1S/C39H70O2Si2/c1-28(2)18-16-19-29(3)34-23-24-35-31(20-17-25-39(34,35)11)21-22-32-26-33(40-42(12,13)37(5,6)7)27-36(30(32)4)41-43(14,15)38(8,9)10/h21-22,28,33,35-36H,4,16-20,23-27H2,1-3,5-15H3/b31-21+,32-22-,34-29-/t33-,35?,36+,39-/m1/s1. The Morgan fingerprint density at radius 3 is 2.16 bits per heavy atom. The zero-order valence-electron chi connectivity index (χ0n) is 31.1. The number of hydrogen-bond donors (Lipinski definition) is 0. The molecule has 0 spiro atoms. The zero-order chi connectivity index (χ0) is 32.6. The summed E-state index contributed by atoms with van der Waals surface area (Å²) in [6.45, 7) is 38.0. The molecule has 0 radical (unpaired) electrons. The number of rotatable bonds is 9. The van der Waals surface area contributed by atoms with Gasteiger partial charge in [-0.15, -0.1) is 0 Å². The third-order valence-corrected chi connectivity index (χ3v) is 21.4. The third kappa shape index (κ3) is 8.57. The molecular weight excluding hydrogens is 557 g/mol. The van der Waals surface area contributed by atoms with Gasteiger partial charge in [0.1, 0.15) is 0 Å². The molecule has 4 atom stereocenters. The van der Waals surface area contributed by atoms with Gasteiger partial charge in [-0.25, -0.2) is 0 Å². The first-order valence-corrected chi connectivity index (χ1v) is 23.5. The molecule has 3 saturated carbocycles. The van der Waals surface area contributed by atoms with Crippen molar-refractivity contribution < 1.29 is 8.85 Å². The van der Waals surface area contributed by atoms with E-state index in [9.17, 15) is 0 Å². The molecule has 0 aromatic heterocycles. The molecule has 0 amide bonds. The molecule has 0 saturated heterocycles. The average Bonchev–Trinajstić information content (AvgIpc) is 3.20. The molecule has 0 N–H and O–H groups in total. The molecule has 0 heterocycles. The van der Waals surface area contributed by atoms with Gasteiger partial charge in [-0.05, 0) is 123 Å². The van der Waals surface area contributed by atoms with Gasteiger partial charge in [0.2, 0.25) is 0 Å². The van der Waals surface area contributed by atoms with Gasteiger partial charge in [0.15, 0.2) is 16.6 Å². The highest BCUT2D eigenvalue weighted by molar-refractivity contribution is 6.74. The van der Waals surface area contributed by atoms with Crippen molar-refractivity contribution in [2.24, 2.45) is 17.3 Å². The minimum atomic E-state index is -1.96. The highest BCUT2D eigenvalue weighted by atomic mass is 28.4. The lowest BCUT2D eigenvalue weighted by Gasteiger charge is -2.45. The van der Waals surface area contributed by atoms with Crippen LogP contribution in [0.4, 0.5) is 0 Å². The number of fused-ring (bicyclic) bond motifs is 1. The van der Waals surface area contributed by atoms with E-state index in [1.165, 1.54) is 62.5 Å². The van der Waals surface area contributed by atoms with Crippen LogP contribution in [0, 0.1) is 17.3 Å². The van der Waals surface area contributed by atoms with Crippen LogP contribution < -0.4 is 0 Å². The molecule has 1 unspecified atom stereocenters. The normalized spacial score (nSPS) is 30.9. The van der Waals surface area contributed by atoms with E-state index in [1.54, 1.807) is 16.7 Å². The van der Waals surface area contributed by atoms with Gasteiger partial charge in [-0.1, -0.05) is 104 Å². The predicted octanol–water partition coefficient (Wildman–Crippen LogP) is 12.7. The van der Waals surface area contributed by atoms with Crippen LogP contribution in [0.2, 0.25) is 36.3 Å². The Kier molecular flexibility index (Phi) is 11.6. The number of hydrogen-bond acceptors (Lipinski definition) is 2. The summed E-state index contributed by atoms with van der Waals surface area (Å²) < 4.78 is 14.2. The Bertz CT molecular complexity index is 1090. The Morgan fingerprint density at radius 2 is 1.58 bits per heavy atom. The third-order valence-electron chi connectivity index (χ3n) is 12.3. The summed E-state index contributed by atoms with van der Waals surface area (Å²) in [5.41, 5.74) is 8.07. The average molecular weight is 627 g/mol. The van der Waals surface area contributed by atoms with Crippen molar-refractivity contribution in [1.29, 1.82) is 0 Å². The van der Waals surface area contributed by atoms with E-state index < -0.39 is 16.6 Å². The fraction of sp³-hybridized carbons (Fsp3) is 0.795. The lowest BCUT2D eigenvalue weighted by atomic mass is 9.64. The van der Waals surface area contributed by atoms with Gasteiger partial charge in [0.25, 0.3) is 0 Å². The molecule has 0 aromatic rings. The van der Waals surface area contributed by atoms with Crippen molar-refractivity contribution in [2.75, 3.05) is 0 Å². The molecule has 43 heavy (non-hydrogen) atoms. The topological polar surface area (TPSA) is 18.5 Å². The largest absolute Gasteiger partial charge is 0.413 e. The Balaban J connectivity index is 1.91. The molecule has 3 aliphatic carbocycles. The lowest BCUT2D eigenvalue weighted by Crippen LogP contribution is -2.49. The summed E-state index contributed by atoms with van der Waals surface area (Å²) in [6.07, 6.45) is 17.5. The maximum absolute atomic E-state index is 7.09. The van der Waals surface area contributed by atoms with E-state index in [1.807, 2.05) is 0 Å². The second kappa shape index (κ2) is 13.6. The smallest absolute Gasteiger partial charge is 0.192 e. The second-order valence-corrected chi connectivity index (χ2v) is 27.7. The summed E-state index contributed by atoms with van der Waals surface area (Å²) in [7, 11) is -3.87. The molecule has 3 rings (SSSR count). The SMILES string of the molecule is C=C1/C(=C\C=C2/CCC[C@]3(C)/C(=C(/C)CCCC(C)C)CCC23)C[C@@H](O[Si](C)(C)C(C)(C)C)C[C@@H]1O[Si](C)(C)C(C)(C)C. The maximum Gasteiger partial charge on any atom is 0.192 e. The first kappa shape index (κ1) is 36.8. The molecule has 246 valence electrons. The zero-order valence-corrected chi connectivity index (χ0v) is 33.1. The molecule has 0 bridgehead atoms. The van der Waals surface area contributed by atoms with E-state index in [0.717, 1.165) is 18.8 Å². The van der Waals surface area contributed by atoms with Crippen molar-refractivity contribution in [1.82, 2.24) is 0 Å². The summed E-state index contributed by atoms with van der Waals surface area (Å²) in [4.78, 5) is 0. The summed E-state index contributed by atoms with van der Waals surface area (Å²) >= 11 is 0. The van der Waals surface area contributed by atoms with Crippen LogP contribution in [0.5, 0.6) is 0 Å². The maximum atomic E-state index is 7.09. The Hall–Kier alpha value is -0.686. The van der Waals surface area contributed by atoms with Crippen LogP contribution in [-0.2, 0) is 8.85 Å². The fourth-order valence-electron chi connectivity index (χ4n) is 7.45. The first-order valence-electron chi connectivity index (χ1n) is 17.7. The van der Waals surface area contributed by atoms with Gasteiger partial charge >= 0.3 is 0 Å². The second-order valence-electron chi connectivity index (χ2n) is 18.2. The van der Waals surface area contributed by atoms with Crippen LogP contribution in [0.1, 0.15) is 133 Å². The van der Waals surface area contributed by atoms with Crippen molar-refractivity contribution >= 4 is 16.6 Å². The van der Waals surface area contributed by atoms with Crippen molar-refractivity contribution in [3.63, 3.8) is 0 Å². The highest BCUT2D eigenvalue weighted by Crippen LogP contribution is 2.58. The van der Waals surface area contributed by atoms with Gasteiger partial charge in [0.05, 0.1) is 12.2 Å². The molecule has 0 aliphatic heterocycles. The van der Waals surface area contributed by atoms with Crippen LogP contribution in [0.15, 0.2) is 46.6 Å². The number of allylic oxidation sites excluding steroid dienone is 5. The van der Waals surface area contributed by atoms with Crippen molar-refractivity contribution in [3.8, 4) is 0 Å². The van der Waals surface area contributed by atoms with Crippen LogP contribution in [-0.4, -0.2) is 28.8 Å². The molecule has 3 fully saturated rings. The highest BCUT2D eigenvalue weighted by Gasteiger charge is 2.47. The summed E-state index contributed by atoms with van der Waals surface area (Å²) in [5.74, 6) is 1.49. The van der Waals surface area contributed by atoms with E-state index in [0.29, 0.717) is 11.3 Å². The quantitative estimate of drug-likeness (QED) is 0.187. The van der Waals surface area contributed by atoms with Crippen LogP contribution >= 0.6 is 0 Å². The van der Waals surface area contributed by atoms with E-state index in [2.05, 4.69) is 108 Å².